The van der Waals surface area contributed by atoms with Crippen LogP contribution in [0.2, 0.25) is 0 Å². The van der Waals surface area contributed by atoms with Gasteiger partial charge in [0.05, 0.1) is 17.0 Å². The molecule has 1 amide bonds. The summed E-state index contributed by atoms with van der Waals surface area (Å²) in [6.07, 6.45) is 1.89. The zero-order valence-corrected chi connectivity index (χ0v) is 17.8. The van der Waals surface area contributed by atoms with Crippen molar-refractivity contribution >= 4 is 33.4 Å². The maximum atomic E-state index is 13.9. The van der Waals surface area contributed by atoms with Crippen LogP contribution in [0.3, 0.4) is 0 Å². The fourth-order valence-electron chi connectivity index (χ4n) is 3.27. The van der Waals surface area contributed by atoms with E-state index in [1.54, 1.807) is 30.3 Å². The van der Waals surface area contributed by atoms with Gasteiger partial charge in [0.1, 0.15) is 5.82 Å². The number of anilines is 1. The number of piperazine rings is 1. The zero-order valence-electron chi connectivity index (χ0n) is 16.2. The Morgan fingerprint density at radius 3 is 2.41 bits per heavy atom. The molecule has 1 heterocycles. The highest BCUT2D eigenvalue weighted by Gasteiger charge is 2.27. The molecule has 0 saturated carbocycles. The fraction of sp³-hybridized carbons (Fsp3) is 0.350. The van der Waals surface area contributed by atoms with Gasteiger partial charge >= 0.3 is 0 Å². The van der Waals surface area contributed by atoms with E-state index < -0.39 is 10.0 Å². The summed E-state index contributed by atoms with van der Waals surface area (Å²) in [6.45, 7) is 1.47. The number of para-hydroxylation sites is 1. The standard InChI is InChI=1S/C20H24FN3O3S2/c1-28-19-9-5-2-6-16(19)20(25)22-10-15-29(26,27)24-13-11-23(12-14-24)18-8-4-3-7-17(18)21/h2-9H,10-15H2,1H3,(H,22,25). The fourth-order valence-corrected chi connectivity index (χ4v) is 5.20. The Bertz CT molecular complexity index is 961. The lowest BCUT2D eigenvalue weighted by Gasteiger charge is -2.35. The van der Waals surface area contributed by atoms with Gasteiger partial charge in [0.25, 0.3) is 5.91 Å². The van der Waals surface area contributed by atoms with Crippen LogP contribution in [-0.2, 0) is 10.0 Å². The van der Waals surface area contributed by atoms with Crippen LogP contribution in [0.4, 0.5) is 10.1 Å². The Kier molecular flexibility index (Phi) is 7.15. The van der Waals surface area contributed by atoms with E-state index >= 15 is 0 Å². The predicted molar refractivity (Wildman–Crippen MR) is 115 cm³/mol. The van der Waals surface area contributed by atoms with Crippen LogP contribution < -0.4 is 10.2 Å². The van der Waals surface area contributed by atoms with Crippen LogP contribution in [0.1, 0.15) is 10.4 Å². The van der Waals surface area contributed by atoms with E-state index in [1.807, 2.05) is 23.3 Å². The number of carbonyl (C=O) groups excluding carboxylic acids is 1. The summed E-state index contributed by atoms with van der Waals surface area (Å²) in [6, 6.07) is 13.7. The van der Waals surface area contributed by atoms with Crippen LogP contribution in [0.5, 0.6) is 0 Å². The number of nitrogens with one attached hydrogen (secondary N) is 1. The van der Waals surface area contributed by atoms with Gasteiger partial charge in [0.15, 0.2) is 0 Å². The topological polar surface area (TPSA) is 69.7 Å². The SMILES string of the molecule is CSc1ccccc1C(=O)NCCS(=O)(=O)N1CCN(c2ccccc2F)CC1. The molecule has 0 aliphatic carbocycles. The van der Waals surface area contributed by atoms with Crippen LogP contribution in [0.15, 0.2) is 53.4 Å². The molecular weight excluding hydrogens is 413 g/mol. The van der Waals surface area contributed by atoms with E-state index in [0.29, 0.717) is 37.4 Å². The van der Waals surface area contributed by atoms with Crippen molar-refractivity contribution in [2.45, 2.75) is 4.90 Å². The van der Waals surface area contributed by atoms with Crippen LogP contribution in [0, 0.1) is 5.82 Å². The highest BCUT2D eigenvalue weighted by Crippen LogP contribution is 2.21. The molecule has 1 aliphatic rings. The van der Waals surface area contributed by atoms with Crippen molar-refractivity contribution in [1.29, 1.82) is 0 Å². The van der Waals surface area contributed by atoms with E-state index in [9.17, 15) is 17.6 Å². The largest absolute Gasteiger partial charge is 0.367 e. The molecule has 0 radical (unpaired) electrons. The molecule has 0 spiro atoms. The number of hydrogen-bond acceptors (Lipinski definition) is 5. The summed E-state index contributed by atoms with van der Waals surface area (Å²) in [7, 11) is -3.50. The monoisotopic (exact) mass is 437 g/mol. The lowest BCUT2D eigenvalue weighted by molar-refractivity contribution is 0.0953. The summed E-state index contributed by atoms with van der Waals surface area (Å²) in [4.78, 5) is 15.0. The molecule has 0 atom stereocenters. The normalized spacial score (nSPS) is 15.3. The molecule has 1 aliphatic heterocycles. The minimum absolute atomic E-state index is 0.0391. The molecule has 1 fully saturated rings. The summed E-state index contributed by atoms with van der Waals surface area (Å²) >= 11 is 1.47. The average Bonchev–Trinajstić information content (AvgIpc) is 2.74. The highest BCUT2D eigenvalue weighted by molar-refractivity contribution is 7.98. The van der Waals surface area contributed by atoms with Crippen molar-refractivity contribution in [1.82, 2.24) is 9.62 Å². The maximum Gasteiger partial charge on any atom is 0.252 e. The first-order valence-electron chi connectivity index (χ1n) is 9.31. The maximum absolute atomic E-state index is 13.9. The van der Waals surface area contributed by atoms with Crippen molar-refractivity contribution in [2.24, 2.45) is 0 Å². The molecule has 2 aromatic carbocycles. The Balaban J connectivity index is 1.52. The third-order valence-corrected chi connectivity index (χ3v) is 7.49. The van der Waals surface area contributed by atoms with Crippen molar-refractivity contribution < 1.29 is 17.6 Å². The van der Waals surface area contributed by atoms with Crippen molar-refractivity contribution in [2.75, 3.05) is 49.6 Å². The third-order valence-electron chi connectivity index (χ3n) is 4.82. The van der Waals surface area contributed by atoms with Gasteiger partial charge in [-0.1, -0.05) is 24.3 Å². The molecule has 9 heteroatoms. The predicted octanol–water partition coefficient (Wildman–Crippen LogP) is 2.43. The summed E-state index contributed by atoms with van der Waals surface area (Å²) in [5.41, 5.74) is 1.03. The molecule has 0 aromatic heterocycles. The van der Waals surface area contributed by atoms with E-state index in [1.165, 1.54) is 22.1 Å². The number of halogens is 1. The summed E-state index contributed by atoms with van der Waals surface area (Å²) < 4.78 is 40.6. The first kappa shape index (κ1) is 21.6. The Morgan fingerprint density at radius 2 is 1.72 bits per heavy atom. The van der Waals surface area contributed by atoms with E-state index in [0.717, 1.165) is 4.90 Å². The van der Waals surface area contributed by atoms with Gasteiger partial charge < -0.3 is 10.2 Å². The Hall–Kier alpha value is -2.10. The lowest BCUT2D eigenvalue weighted by atomic mass is 10.2. The highest BCUT2D eigenvalue weighted by atomic mass is 32.2. The van der Waals surface area contributed by atoms with Gasteiger partial charge in [-0.25, -0.2) is 12.8 Å². The molecule has 1 saturated heterocycles. The van der Waals surface area contributed by atoms with Gasteiger partial charge in [-0.15, -0.1) is 11.8 Å². The minimum Gasteiger partial charge on any atom is -0.367 e. The van der Waals surface area contributed by atoms with E-state index in [2.05, 4.69) is 5.32 Å². The van der Waals surface area contributed by atoms with E-state index in [4.69, 9.17) is 0 Å². The number of hydrogen-bond donors (Lipinski definition) is 1. The number of sulfonamides is 1. The first-order valence-corrected chi connectivity index (χ1v) is 12.1. The van der Waals surface area contributed by atoms with Gasteiger partial charge in [-0.3, -0.25) is 4.79 Å². The molecule has 0 bridgehead atoms. The molecule has 1 N–H and O–H groups in total. The van der Waals surface area contributed by atoms with Crippen molar-refractivity contribution in [3.63, 3.8) is 0 Å². The number of thioether (sulfide) groups is 1. The van der Waals surface area contributed by atoms with Gasteiger partial charge in [0.2, 0.25) is 10.0 Å². The Labute approximate surface area is 175 Å². The molecular formula is C20H24FN3O3S2. The van der Waals surface area contributed by atoms with Crippen molar-refractivity contribution in [3.05, 3.63) is 59.9 Å². The van der Waals surface area contributed by atoms with Crippen LogP contribution in [0.25, 0.3) is 0 Å². The Morgan fingerprint density at radius 1 is 1.07 bits per heavy atom. The van der Waals surface area contributed by atoms with Gasteiger partial charge in [0, 0.05) is 37.6 Å². The smallest absolute Gasteiger partial charge is 0.252 e. The first-order chi connectivity index (χ1) is 13.9. The minimum atomic E-state index is -3.50. The molecule has 6 nitrogen and oxygen atoms in total. The van der Waals surface area contributed by atoms with Gasteiger partial charge in [-0.05, 0) is 30.5 Å². The molecule has 3 rings (SSSR count). The zero-order chi connectivity index (χ0) is 20.9. The number of benzene rings is 2. The second kappa shape index (κ2) is 9.60. The van der Waals surface area contributed by atoms with Crippen LogP contribution in [-0.4, -0.2) is 63.4 Å². The number of nitrogens with zero attached hydrogens (tertiary/aromatic N) is 2. The second-order valence-corrected chi connectivity index (χ2v) is 9.55. The van der Waals surface area contributed by atoms with Crippen molar-refractivity contribution in [3.8, 4) is 0 Å². The van der Waals surface area contributed by atoms with Gasteiger partial charge in [-0.2, -0.15) is 4.31 Å². The second-order valence-electron chi connectivity index (χ2n) is 6.61. The number of carbonyl (C=O) groups is 1. The third kappa shape index (κ3) is 5.29. The molecule has 2 aromatic rings. The summed E-state index contributed by atoms with van der Waals surface area (Å²) in [5.74, 6) is -0.758. The average molecular weight is 438 g/mol. The number of amides is 1. The quantitative estimate of drug-likeness (QED) is 0.674. The summed E-state index contributed by atoms with van der Waals surface area (Å²) in [5, 5.41) is 2.69. The lowest BCUT2D eigenvalue weighted by Crippen LogP contribution is -2.50. The van der Waals surface area contributed by atoms with Crippen LogP contribution >= 0.6 is 11.8 Å². The molecule has 156 valence electrons. The number of rotatable bonds is 7. The molecule has 29 heavy (non-hydrogen) atoms. The molecule has 0 unspecified atom stereocenters. The van der Waals surface area contributed by atoms with E-state index in [-0.39, 0.29) is 24.0 Å².